The van der Waals surface area contributed by atoms with E-state index < -0.39 is 5.97 Å². The molecule has 3 aromatic rings. The Morgan fingerprint density at radius 3 is 2.21 bits per heavy atom. The van der Waals surface area contributed by atoms with Crippen LogP contribution in [0.4, 0.5) is 5.69 Å². The molecular weight excluding hydrogens is 378 g/mol. The van der Waals surface area contributed by atoms with Crippen LogP contribution < -0.4 is 5.73 Å². The average Bonchev–Trinajstić information content (AvgIpc) is 2.73. The number of carboxylic acids is 1. The number of carbonyl (C=O) groups is 1. The molecular formula is C25H23NO2S. The number of hydrogen-bond acceptors (Lipinski definition) is 3. The van der Waals surface area contributed by atoms with Crippen LogP contribution in [-0.4, -0.2) is 11.1 Å². The molecule has 29 heavy (non-hydrogen) atoms. The van der Waals surface area contributed by atoms with Crippen molar-refractivity contribution in [2.75, 3.05) is 5.73 Å². The van der Waals surface area contributed by atoms with Gasteiger partial charge in [0.05, 0.1) is 0 Å². The number of benzene rings is 3. The van der Waals surface area contributed by atoms with Gasteiger partial charge in [-0.1, -0.05) is 67.6 Å². The van der Waals surface area contributed by atoms with E-state index in [-0.39, 0.29) is 0 Å². The van der Waals surface area contributed by atoms with Crippen molar-refractivity contribution in [3.63, 3.8) is 0 Å². The third-order valence-corrected chi connectivity index (χ3v) is 5.12. The highest BCUT2D eigenvalue weighted by Gasteiger charge is 2.14. The van der Waals surface area contributed by atoms with E-state index in [0.717, 1.165) is 45.2 Å². The lowest BCUT2D eigenvalue weighted by Gasteiger charge is -2.17. The Morgan fingerprint density at radius 1 is 0.966 bits per heavy atom. The number of nitrogens with two attached hydrogens (primary N) is 1. The molecule has 0 radical (unpaired) electrons. The third kappa shape index (κ3) is 4.98. The highest BCUT2D eigenvalue weighted by Crippen LogP contribution is 2.36. The Labute approximate surface area is 176 Å². The summed E-state index contributed by atoms with van der Waals surface area (Å²) in [5.41, 5.74) is 13.2. The molecule has 0 spiro atoms. The van der Waals surface area contributed by atoms with Gasteiger partial charge >= 0.3 is 5.97 Å². The first-order chi connectivity index (χ1) is 14.0. The minimum atomic E-state index is -0.964. The number of anilines is 1. The lowest BCUT2D eigenvalue weighted by molar-refractivity contribution is -0.131. The number of aliphatic carboxylic acids is 1. The first-order valence-corrected chi connectivity index (χ1v) is 9.83. The second-order valence-corrected chi connectivity index (χ2v) is 7.12. The second-order valence-electron chi connectivity index (χ2n) is 6.64. The maximum Gasteiger partial charge on any atom is 0.328 e. The fourth-order valence-corrected chi connectivity index (χ4v) is 3.46. The van der Waals surface area contributed by atoms with Crippen molar-refractivity contribution in [3.05, 3.63) is 101 Å². The van der Waals surface area contributed by atoms with Crippen molar-refractivity contribution < 1.29 is 9.90 Å². The van der Waals surface area contributed by atoms with Gasteiger partial charge in [0.2, 0.25) is 0 Å². The lowest BCUT2D eigenvalue weighted by Crippen LogP contribution is -1.97. The summed E-state index contributed by atoms with van der Waals surface area (Å²) in [5, 5.41) is 8.83. The molecule has 0 fully saturated rings. The van der Waals surface area contributed by atoms with Gasteiger partial charge in [-0.05, 0) is 58.0 Å². The van der Waals surface area contributed by atoms with Crippen LogP contribution >= 0.6 is 12.6 Å². The van der Waals surface area contributed by atoms with E-state index in [4.69, 9.17) is 10.8 Å². The number of hydrogen-bond donors (Lipinski definition) is 3. The number of carboxylic acid groups (broad SMARTS) is 1. The van der Waals surface area contributed by atoms with Gasteiger partial charge in [0.25, 0.3) is 0 Å². The fraction of sp³-hybridized carbons (Fsp3) is 0.0800. The normalized spacial score (nSPS) is 12.1. The van der Waals surface area contributed by atoms with Crippen molar-refractivity contribution in [1.82, 2.24) is 0 Å². The highest BCUT2D eigenvalue weighted by molar-refractivity contribution is 7.80. The zero-order chi connectivity index (χ0) is 20.8. The smallest absolute Gasteiger partial charge is 0.328 e. The molecule has 0 atom stereocenters. The largest absolute Gasteiger partial charge is 0.478 e. The molecule has 0 aliphatic heterocycles. The average molecular weight is 402 g/mol. The third-order valence-electron chi connectivity index (χ3n) is 4.71. The maximum atomic E-state index is 10.8. The van der Waals surface area contributed by atoms with E-state index in [9.17, 15) is 4.79 Å². The van der Waals surface area contributed by atoms with E-state index in [1.807, 2.05) is 60.7 Å². The molecule has 0 aliphatic carbocycles. The Balaban J connectivity index is 2.19. The van der Waals surface area contributed by atoms with Crippen LogP contribution in [0.3, 0.4) is 0 Å². The van der Waals surface area contributed by atoms with Crippen LogP contribution in [0.15, 0.2) is 83.8 Å². The molecule has 3 aromatic carbocycles. The first-order valence-electron chi connectivity index (χ1n) is 9.38. The van der Waals surface area contributed by atoms with Gasteiger partial charge in [-0.25, -0.2) is 4.79 Å². The zero-order valence-corrected chi connectivity index (χ0v) is 17.1. The van der Waals surface area contributed by atoms with Gasteiger partial charge < -0.3 is 10.8 Å². The van der Waals surface area contributed by atoms with E-state index >= 15 is 0 Å². The van der Waals surface area contributed by atoms with Crippen molar-refractivity contribution in [3.8, 4) is 0 Å². The molecule has 146 valence electrons. The van der Waals surface area contributed by atoms with Crippen molar-refractivity contribution in [2.24, 2.45) is 0 Å². The van der Waals surface area contributed by atoms with Crippen LogP contribution in [0.2, 0.25) is 0 Å². The van der Waals surface area contributed by atoms with Gasteiger partial charge in [0.15, 0.2) is 0 Å². The molecule has 0 aliphatic rings. The summed E-state index contributed by atoms with van der Waals surface area (Å²) >= 11 is 4.40. The Kier molecular flexibility index (Phi) is 6.57. The molecule has 3 rings (SSSR count). The topological polar surface area (TPSA) is 63.3 Å². The molecule has 3 nitrogen and oxygen atoms in total. The highest BCUT2D eigenvalue weighted by atomic mass is 32.1. The molecule has 0 amide bonds. The van der Waals surface area contributed by atoms with Crippen molar-refractivity contribution in [2.45, 2.75) is 18.2 Å². The van der Waals surface area contributed by atoms with Crippen LogP contribution in [0.25, 0.3) is 17.2 Å². The molecule has 0 saturated heterocycles. The monoisotopic (exact) mass is 401 g/mol. The number of allylic oxidation sites excluding steroid dienone is 1. The summed E-state index contributed by atoms with van der Waals surface area (Å²) < 4.78 is 0. The number of rotatable bonds is 6. The number of thiol groups is 1. The van der Waals surface area contributed by atoms with Gasteiger partial charge in [-0.3, -0.25) is 0 Å². The van der Waals surface area contributed by atoms with Gasteiger partial charge in [-0.2, -0.15) is 0 Å². The van der Waals surface area contributed by atoms with Crippen LogP contribution in [0, 0.1) is 0 Å². The van der Waals surface area contributed by atoms with E-state index in [1.165, 1.54) is 5.57 Å². The molecule has 0 saturated carbocycles. The van der Waals surface area contributed by atoms with Gasteiger partial charge in [0.1, 0.15) is 0 Å². The summed E-state index contributed by atoms with van der Waals surface area (Å²) in [4.78, 5) is 11.5. The van der Waals surface area contributed by atoms with Crippen molar-refractivity contribution in [1.29, 1.82) is 0 Å². The summed E-state index contributed by atoms with van der Waals surface area (Å²) in [6.07, 6.45) is 3.57. The van der Waals surface area contributed by atoms with E-state index in [1.54, 1.807) is 6.08 Å². The van der Waals surface area contributed by atoms with Gasteiger partial charge in [0, 0.05) is 16.7 Å². The predicted molar refractivity (Wildman–Crippen MR) is 124 cm³/mol. The van der Waals surface area contributed by atoms with Crippen LogP contribution in [0.1, 0.15) is 35.6 Å². The first kappa shape index (κ1) is 20.5. The molecule has 0 unspecified atom stereocenters. The standard InChI is InChI=1S/C25H23NO2S/c1-2-21(18-6-4-3-5-7-18)25(20-13-14-23(29)22(26)16-20)19-11-8-17(9-12-19)10-15-24(27)28/h3-16,29H,2,26H2,1H3,(H,27,28). The van der Waals surface area contributed by atoms with E-state index in [0.29, 0.717) is 5.69 Å². The summed E-state index contributed by atoms with van der Waals surface area (Å²) in [7, 11) is 0. The SMILES string of the molecule is CCC(=C(c1ccc(C=CC(=O)O)cc1)c1ccc(S)c(N)c1)c1ccccc1. The maximum absolute atomic E-state index is 10.8. The lowest BCUT2D eigenvalue weighted by atomic mass is 9.87. The Hall–Kier alpha value is -3.24. The Bertz CT molecular complexity index is 1070. The Morgan fingerprint density at radius 2 is 1.62 bits per heavy atom. The summed E-state index contributed by atoms with van der Waals surface area (Å²) in [5.74, 6) is -0.964. The predicted octanol–water partition coefficient (Wildman–Crippen LogP) is 6.02. The molecule has 0 heterocycles. The molecule has 0 bridgehead atoms. The van der Waals surface area contributed by atoms with E-state index in [2.05, 4.69) is 31.7 Å². The zero-order valence-electron chi connectivity index (χ0n) is 16.2. The van der Waals surface area contributed by atoms with Crippen LogP contribution in [-0.2, 0) is 4.79 Å². The molecule has 3 N–H and O–H groups in total. The number of nitrogen functional groups attached to an aromatic ring is 1. The fourth-order valence-electron chi connectivity index (χ4n) is 3.32. The van der Waals surface area contributed by atoms with Crippen LogP contribution in [0.5, 0.6) is 0 Å². The minimum Gasteiger partial charge on any atom is -0.478 e. The summed E-state index contributed by atoms with van der Waals surface area (Å²) in [6, 6.07) is 24.1. The second kappa shape index (κ2) is 9.30. The molecule has 0 aromatic heterocycles. The molecule has 4 heteroatoms. The summed E-state index contributed by atoms with van der Waals surface area (Å²) in [6.45, 7) is 2.14. The van der Waals surface area contributed by atoms with Gasteiger partial charge in [-0.15, -0.1) is 12.6 Å². The van der Waals surface area contributed by atoms with Crippen molar-refractivity contribution >= 4 is 41.5 Å². The quantitative estimate of drug-likeness (QED) is 0.205. The minimum absolute atomic E-state index is 0.632.